The van der Waals surface area contributed by atoms with Crippen molar-refractivity contribution in [2.45, 2.75) is 12.5 Å². The number of amides is 2. The molecule has 1 aromatic heterocycles. The largest absolute Gasteiger partial charge is 0.493 e. The molecule has 0 aliphatic carbocycles. The zero-order valence-electron chi connectivity index (χ0n) is 15.7. The van der Waals surface area contributed by atoms with Gasteiger partial charge >= 0.3 is 0 Å². The van der Waals surface area contributed by atoms with Gasteiger partial charge in [0.1, 0.15) is 5.92 Å². The minimum atomic E-state index is -0.940. The predicted molar refractivity (Wildman–Crippen MR) is 109 cm³/mol. The predicted octanol–water partition coefficient (Wildman–Crippen LogP) is 3.67. The van der Waals surface area contributed by atoms with Crippen molar-refractivity contribution >= 4 is 28.4 Å². The summed E-state index contributed by atoms with van der Waals surface area (Å²) in [6.07, 6.45) is 1.66. The highest BCUT2D eigenvalue weighted by Crippen LogP contribution is 2.39. The third-order valence-corrected chi connectivity index (χ3v) is 5.15. The number of nitrogens with zero attached hydrogens (tertiary/aromatic N) is 3. The third kappa shape index (κ3) is 3.31. The first-order chi connectivity index (χ1) is 14.1. The number of aromatic nitrogens is 1. The number of hydrogen-bond acceptors (Lipinski definition) is 4. The highest BCUT2D eigenvalue weighted by atomic mass is 16.3. The molecule has 1 aliphatic rings. The van der Waals surface area contributed by atoms with Gasteiger partial charge < -0.3 is 15.0 Å². The number of hydrogen-bond donors (Lipinski definition) is 2. The highest BCUT2D eigenvalue weighted by molar-refractivity contribution is 6.03. The van der Waals surface area contributed by atoms with E-state index in [1.807, 2.05) is 48.5 Å². The Morgan fingerprint density at radius 3 is 2.69 bits per heavy atom. The van der Waals surface area contributed by atoms with E-state index in [-0.39, 0.29) is 23.4 Å². The number of para-hydroxylation sites is 1. The molecule has 7 heteroatoms. The molecular weight excluding hydrogens is 368 g/mol. The Bertz CT molecular complexity index is 1120. The van der Waals surface area contributed by atoms with E-state index in [1.165, 1.54) is 0 Å². The van der Waals surface area contributed by atoms with E-state index in [2.05, 4.69) is 22.1 Å². The van der Waals surface area contributed by atoms with Crippen molar-refractivity contribution in [3.8, 4) is 5.88 Å². The number of rotatable bonds is 5. The fourth-order valence-corrected chi connectivity index (χ4v) is 3.76. The Hall–Kier alpha value is -3.74. The van der Waals surface area contributed by atoms with Gasteiger partial charge in [0, 0.05) is 24.4 Å². The molecule has 2 atom stereocenters. The van der Waals surface area contributed by atoms with Gasteiger partial charge in [0.15, 0.2) is 5.69 Å². The van der Waals surface area contributed by atoms with Crippen LogP contribution in [-0.4, -0.2) is 28.0 Å². The zero-order valence-corrected chi connectivity index (χ0v) is 15.7. The Balaban J connectivity index is 1.67. The van der Waals surface area contributed by atoms with Gasteiger partial charge in [-0.3, -0.25) is 9.59 Å². The van der Waals surface area contributed by atoms with Crippen LogP contribution in [0.3, 0.4) is 0 Å². The monoisotopic (exact) mass is 388 g/mol. The van der Waals surface area contributed by atoms with Crippen LogP contribution in [-0.2, 0) is 16.1 Å². The van der Waals surface area contributed by atoms with E-state index >= 15 is 0 Å². The van der Waals surface area contributed by atoms with Crippen LogP contribution in [0.4, 0.5) is 5.69 Å². The molecule has 0 spiro atoms. The van der Waals surface area contributed by atoms with Crippen LogP contribution in [0, 0.1) is 5.92 Å². The standard InChI is InChI=1S/C22H20N4O3/c1-2-12-26-17-11-7-6-10-15(17)19(22(26)29)24-25-21(28)18-16(13-23-20(18)27)14-8-4-3-5-9-14/h2-11,16,18,29H,1,12-13H2,(H,23,27)/t16-,18+/m1/s1. The van der Waals surface area contributed by atoms with Crippen molar-refractivity contribution in [2.24, 2.45) is 16.1 Å². The molecule has 1 aliphatic heterocycles. The van der Waals surface area contributed by atoms with E-state index in [0.717, 1.165) is 11.1 Å². The molecule has 2 amide bonds. The molecule has 29 heavy (non-hydrogen) atoms. The van der Waals surface area contributed by atoms with Gasteiger partial charge in [0.25, 0.3) is 5.91 Å². The number of carbonyl (C=O) groups excluding carboxylic acids is 2. The summed E-state index contributed by atoms with van der Waals surface area (Å²) in [7, 11) is 0. The number of benzene rings is 2. The van der Waals surface area contributed by atoms with Crippen LogP contribution in [0.1, 0.15) is 11.5 Å². The van der Waals surface area contributed by atoms with Crippen LogP contribution in [0.25, 0.3) is 10.9 Å². The summed E-state index contributed by atoms with van der Waals surface area (Å²) in [6.45, 7) is 4.46. The van der Waals surface area contributed by atoms with E-state index in [9.17, 15) is 14.7 Å². The van der Waals surface area contributed by atoms with Crippen molar-refractivity contribution in [1.82, 2.24) is 9.88 Å². The molecule has 1 saturated heterocycles. The first-order valence-electron chi connectivity index (χ1n) is 9.31. The Morgan fingerprint density at radius 2 is 1.93 bits per heavy atom. The second kappa shape index (κ2) is 7.71. The smallest absolute Gasteiger partial charge is 0.277 e. The minimum absolute atomic E-state index is 0.0990. The molecule has 4 rings (SSSR count). The topological polar surface area (TPSA) is 96.0 Å². The second-order valence-electron chi connectivity index (χ2n) is 6.87. The van der Waals surface area contributed by atoms with Crippen LogP contribution in [0.15, 0.2) is 77.5 Å². The lowest BCUT2D eigenvalue weighted by Gasteiger charge is -2.13. The number of nitrogens with one attached hydrogen (secondary N) is 1. The number of fused-ring (bicyclic) bond motifs is 1. The summed E-state index contributed by atoms with van der Waals surface area (Å²) in [5, 5.41) is 21.8. The van der Waals surface area contributed by atoms with Gasteiger partial charge in [-0.05, 0) is 11.6 Å². The molecule has 2 N–H and O–H groups in total. The van der Waals surface area contributed by atoms with Crippen LogP contribution >= 0.6 is 0 Å². The van der Waals surface area contributed by atoms with Gasteiger partial charge in [-0.2, -0.15) is 0 Å². The normalized spacial score (nSPS) is 19.0. The van der Waals surface area contributed by atoms with Gasteiger partial charge in [0.05, 0.1) is 5.52 Å². The molecule has 146 valence electrons. The van der Waals surface area contributed by atoms with E-state index in [0.29, 0.717) is 18.5 Å². The van der Waals surface area contributed by atoms with Crippen molar-refractivity contribution < 1.29 is 14.7 Å². The lowest BCUT2D eigenvalue weighted by Crippen LogP contribution is -2.25. The van der Waals surface area contributed by atoms with Crippen LogP contribution in [0.5, 0.6) is 5.88 Å². The quantitative estimate of drug-likeness (QED) is 0.396. The SMILES string of the molecule is C=CCn1c(O)c(N=NC(=O)[C@@H]2C(=O)NC[C@@H]2c2ccccc2)c2ccccc21. The molecule has 0 unspecified atom stereocenters. The summed E-state index contributed by atoms with van der Waals surface area (Å²) in [5.41, 5.74) is 1.85. The van der Waals surface area contributed by atoms with Gasteiger partial charge in [-0.25, -0.2) is 0 Å². The fourth-order valence-electron chi connectivity index (χ4n) is 3.76. The molecule has 2 aromatic carbocycles. The number of carbonyl (C=O) groups is 2. The first kappa shape index (κ1) is 18.6. The van der Waals surface area contributed by atoms with Crippen molar-refractivity contribution in [3.63, 3.8) is 0 Å². The van der Waals surface area contributed by atoms with Gasteiger partial charge in [-0.15, -0.1) is 16.8 Å². The van der Waals surface area contributed by atoms with Crippen LogP contribution in [0.2, 0.25) is 0 Å². The minimum Gasteiger partial charge on any atom is -0.493 e. The lowest BCUT2D eigenvalue weighted by molar-refractivity contribution is -0.131. The molecular formula is C22H20N4O3. The Morgan fingerprint density at radius 1 is 1.21 bits per heavy atom. The van der Waals surface area contributed by atoms with Gasteiger partial charge in [-0.1, -0.05) is 54.6 Å². The maximum atomic E-state index is 12.8. The average molecular weight is 388 g/mol. The summed E-state index contributed by atoms with van der Waals surface area (Å²) in [5.74, 6) is -2.33. The average Bonchev–Trinajstić information content (AvgIpc) is 3.25. The maximum absolute atomic E-state index is 12.8. The second-order valence-corrected chi connectivity index (χ2v) is 6.87. The molecule has 0 saturated carbocycles. The Labute approximate surface area is 167 Å². The molecule has 0 bridgehead atoms. The van der Waals surface area contributed by atoms with E-state index < -0.39 is 11.8 Å². The summed E-state index contributed by atoms with van der Waals surface area (Å²) < 4.78 is 1.64. The van der Waals surface area contributed by atoms with Crippen LogP contribution < -0.4 is 5.32 Å². The highest BCUT2D eigenvalue weighted by Gasteiger charge is 2.41. The maximum Gasteiger partial charge on any atom is 0.277 e. The van der Waals surface area contributed by atoms with Crippen molar-refractivity contribution in [2.75, 3.05) is 6.54 Å². The van der Waals surface area contributed by atoms with E-state index in [4.69, 9.17) is 0 Å². The molecule has 7 nitrogen and oxygen atoms in total. The Kier molecular flexibility index (Phi) is 4.95. The zero-order chi connectivity index (χ0) is 20.4. The van der Waals surface area contributed by atoms with E-state index in [1.54, 1.807) is 16.7 Å². The summed E-state index contributed by atoms with van der Waals surface area (Å²) >= 11 is 0. The number of azo groups is 1. The molecule has 3 aromatic rings. The number of aromatic hydroxyl groups is 1. The molecule has 0 radical (unpaired) electrons. The summed E-state index contributed by atoms with van der Waals surface area (Å²) in [4.78, 5) is 25.0. The molecule has 2 heterocycles. The third-order valence-electron chi connectivity index (χ3n) is 5.15. The van der Waals surface area contributed by atoms with Gasteiger partial charge in [0.2, 0.25) is 11.8 Å². The van der Waals surface area contributed by atoms with Crippen molar-refractivity contribution in [1.29, 1.82) is 0 Å². The number of allylic oxidation sites excluding steroid dienone is 1. The first-order valence-corrected chi connectivity index (χ1v) is 9.31. The summed E-state index contributed by atoms with van der Waals surface area (Å²) in [6, 6.07) is 16.7. The lowest BCUT2D eigenvalue weighted by atomic mass is 9.88. The fraction of sp³-hybridized carbons (Fsp3) is 0.182. The van der Waals surface area contributed by atoms with Crippen molar-refractivity contribution in [3.05, 3.63) is 72.8 Å². The molecule has 1 fully saturated rings.